The van der Waals surface area contributed by atoms with E-state index < -0.39 is 17.9 Å². The van der Waals surface area contributed by atoms with Gasteiger partial charge in [-0.25, -0.2) is 4.79 Å². The first-order valence-corrected chi connectivity index (χ1v) is 5.38. The number of allylic oxidation sites excluding steroid dienone is 1. The predicted octanol–water partition coefficient (Wildman–Crippen LogP) is 1.85. The largest absolute Gasteiger partial charge is 0.481 e. The van der Waals surface area contributed by atoms with Gasteiger partial charge in [-0.05, 0) is 25.2 Å². The summed E-state index contributed by atoms with van der Waals surface area (Å²) in [5.41, 5.74) is -0.263. The van der Waals surface area contributed by atoms with Gasteiger partial charge >= 0.3 is 11.9 Å². The molecule has 0 unspecified atom stereocenters. The van der Waals surface area contributed by atoms with Crippen molar-refractivity contribution in [3.63, 3.8) is 0 Å². The zero-order chi connectivity index (χ0) is 12.5. The van der Waals surface area contributed by atoms with Crippen LogP contribution in [0, 0.1) is 17.3 Å². The molecule has 4 heteroatoms. The Morgan fingerprint density at radius 2 is 1.94 bits per heavy atom. The minimum absolute atomic E-state index is 0.0790. The summed E-state index contributed by atoms with van der Waals surface area (Å²) in [6.45, 7) is 7.31. The van der Waals surface area contributed by atoms with Crippen molar-refractivity contribution in [2.75, 3.05) is 0 Å². The molecule has 0 saturated heterocycles. The van der Waals surface area contributed by atoms with E-state index in [-0.39, 0.29) is 17.4 Å². The first kappa shape index (κ1) is 12.7. The van der Waals surface area contributed by atoms with E-state index in [1.165, 1.54) is 6.08 Å². The highest BCUT2D eigenvalue weighted by Crippen LogP contribution is 2.58. The number of aliphatic carboxylic acids is 1. The average molecular weight is 226 g/mol. The van der Waals surface area contributed by atoms with E-state index >= 15 is 0 Å². The van der Waals surface area contributed by atoms with Crippen molar-refractivity contribution in [3.05, 3.63) is 12.2 Å². The maximum atomic E-state index is 11.2. The predicted molar refractivity (Wildman–Crippen MR) is 58.8 cm³/mol. The van der Waals surface area contributed by atoms with Crippen molar-refractivity contribution < 1.29 is 19.4 Å². The molecule has 0 spiro atoms. The molecular weight excluding hydrogens is 208 g/mol. The number of ether oxygens (including phenoxy) is 1. The Bertz CT molecular complexity index is 328. The Morgan fingerprint density at radius 1 is 1.38 bits per heavy atom. The minimum Gasteiger partial charge on any atom is -0.481 e. The molecule has 0 aromatic carbocycles. The fourth-order valence-corrected chi connectivity index (χ4v) is 1.96. The van der Waals surface area contributed by atoms with E-state index in [4.69, 9.17) is 9.84 Å². The van der Waals surface area contributed by atoms with Crippen LogP contribution in [0.25, 0.3) is 0 Å². The van der Waals surface area contributed by atoms with Gasteiger partial charge < -0.3 is 9.84 Å². The maximum Gasteiger partial charge on any atom is 0.330 e. The normalized spacial score (nSPS) is 27.1. The van der Waals surface area contributed by atoms with Crippen LogP contribution >= 0.6 is 0 Å². The lowest BCUT2D eigenvalue weighted by molar-refractivity contribution is -0.142. The zero-order valence-electron chi connectivity index (χ0n) is 10.1. The molecule has 0 aromatic heterocycles. The highest BCUT2D eigenvalue weighted by molar-refractivity contribution is 5.83. The molecule has 1 saturated carbocycles. The molecule has 90 valence electrons. The van der Waals surface area contributed by atoms with Gasteiger partial charge in [0.25, 0.3) is 0 Å². The van der Waals surface area contributed by atoms with Gasteiger partial charge in [-0.3, -0.25) is 4.79 Å². The number of carbonyl (C=O) groups excluding carboxylic acids is 1. The average Bonchev–Trinajstić information content (AvgIpc) is 2.63. The van der Waals surface area contributed by atoms with Gasteiger partial charge in [0.05, 0.1) is 12.0 Å². The molecule has 1 aliphatic carbocycles. The van der Waals surface area contributed by atoms with Gasteiger partial charge in [0.2, 0.25) is 0 Å². The molecule has 1 rings (SSSR count). The number of carbonyl (C=O) groups is 2. The van der Waals surface area contributed by atoms with Crippen LogP contribution in [0.4, 0.5) is 0 Å². The lowest BCUT2D eigenvalue weighted by atomic mass is 10.1. The van der Waals surface area contributed by atoms with Gasteiger partial charge in [-0.15, -0.1) is 0 Å². The van der Waals surface area contributed by atoms with Gasteiger partial charge in [0.1, 0.15) is 0 Å². The zero-order valence-corrected chi connectivity index (χ0v) is 10.1. The summed E-state index contributed by atoms with van der Waals surface area (Å²) in [5, 5.41) is 8.92. The quantitative estimate of drug-likeness (QED) is 0.587. The first-order chi connectivity index (χ1) is 7.26. The summed E-state index contributed by atoms with van der Waals surface area (Å²) in [5.74, 6) is -1.70. The van der Waals surface area contributed by atoms with Crippen LogP contribution in [-0.4, -0.2) is 23.1 Å². The summed E-state index contributed by atoms with van der Waals surface area (Å²) >= 11 is 0. The third kappa shape index (κ3) is 2.62. The Morgan fingerprint density at radius 3 is 2.31 bits per heavy atom. The fraction of sp³-hybridized carbons (Fsp3) is 0.667. The summed E-state index contributed by atoms with van der Waals surface area (Å²) in [6.07, 6.45) is 2.82. The first-order valence-electron chi connectivity index (χ1n) is 5.38. The van der Waals surface area contributed by atoms with Crippen LogP contribution in [0.15, 0.2) is 12.2 Å². The minimum atomic E-state index is -0.808. The Kier molecular flexibility index (Phi) is 3.41. The van der Waals surface area contributed by atoms with E-state index in [9.17, 15) is 9.59 Å². The number of rotatable bonds is 4. The monoisotopic (exact) mass is 226 g/mol. The molecule has 2 atom stereocenters. The third-order valence-electron chi connectivity index (χ3n) is 2.97. The smallest absolute Gasteiger partial charge is 0.330 e. The molecule has 0 heterocycles. The van der Waals surface area contributed by atoms with Crippen LogP contribution in [-0.2, 0) is 14.3 Å². The number of esters is 1. The van der Waals surface area contributed by atoms with E-state index in [0.29, 0.717) is 0 Å². The molecule has 1 fully saturated rings. The standard InChI is InChI=1S/C12H18O4/c1-7(2)16-9(13)6-5-8-10(11(14)15)12(8,3)4/h5-8,10H,1-4H3,(H,14,15)/t8-,10-/m0/s1. The molecule has 0 amide bonds. The topological polar surface area (TPSA) is 63.6 Å². The van der Waals surface area contributed by atoms with Crippen molar-refractivity contribution >= 4 is 11.9 Å². The SMILES string of the molecule is CC(C)OC(=O)C=C[C@H]1[C@@H](C(=O)O)C1(C)C. The van der Waals surface area contributed by atoms with Gasteiger partial charge in [-0.1, -0.05) is 19.9 Å². The molecule has 16 heavy (non-hydrogen) atoms. The molecular formula is C12H18O4. The van der Waals surface area contributed by atoms with E-state index in [0.717, 1.165) is 0 Å². The molecule has 1 N–H and O–H groups in total. The number of carboxylic acids is 1. The molecule has 0 radical (unpaired) electrons. The molecule has 1 aliphatic rings. The Labute approximate surface area is 95.3 Å². The van der Waals surface area contributed by atoms with Crippen LogP contribution < -0.4 is 0 Å². The van der Waals surface area contributed by atoms with Gasteiger partial charge in [0, 0.05) is 6.08 Å². The summed E-state index contributed by atoms with van der Waals surface area (Å²) < 4.78 is 4.92. The second kappa shape index (κ2) is 4.28. The Balaban J connectivity index is 2.54. The van der Waals surface area contributed by atoms with E-state index in [2.05, 4.69) is 0 Å². The fourth-order valence-electron chi connectivity index (χ4n) is 1.96. The summed E-state index contributed by atoms with van der Waals surface area (Å²) in [6, 6.07) is 0. The highest BCUT2D eigenvalue weighted by Gasteiger charge is 2.60. The van der Waals surface area contributed by atoms with Crippen LogP contribution in [0.5, 0.6) is 0 Å². The summed E-state index contributed by atoms with van der Waals surface area (Å²) in [4.78, 5) is 22.1. The van der Waals surface area contributed by atoms with Crippen molar-refractivity contribution in [1.29, 1.82) is 0 Å². The lowest BCUT2D eigenvalue weighted by Gasteiger charge is -2.03. The van der Waals surface area contributed by atoms with Crippen LogP contribution in [0.3, 0.4) is 0 Å². The van der Waals surface area contributed by atoms with Gasteiger partial charge in [-0.2, -0.15) is 0 Å². The van der Waals surface area contributed by atoms with E-state index in [1.807, 2.05) is 13.8 Å². The maximum absolute atomic E-state index is 11.2. The number of hydrogen-bond acceptors (Lipinski definition) is 3. The van der Waals surface area contributed by atoms with Crippen molar-refractivity contribution in [3.8, 4) is 0 Å². The van der Waals surface area contributed by atoms with E-state index in [1.54, 1.807) is 19.9 Å². The lowest BCUT2D eigenvalue weighted by Crippen LogP contribution is -2.08. The molecule has 0 aliphatic heterocycles. The molecule has 4 nitrogen and oxygen atoms in total. The van der Waals surface area contributed by atoms with Crippen molar-refractivity contribution in [2.45, 2.75) is 33.8 Å². The van der Waals surface area contributed by atoms with Crippen LogP contribution in [0.1, 0.15) is 27.7 Å². The number of hydrogen-bond donors (Lipinski definition) is 1. The third-order valence-corrected chi connectivity index (χ3v) is 2.97. The second-order valence-electron chi connectivity index (χ2n) is 5.01. The molecule has 0 aromatic rings. The second-order valence-corrected chi connectivity index (χ2v) is 5.01. The van der Waals surface area contributed by atoms with Crippen molar-refractivity contribution in [2.24, 2.45) is 17.3 Å². The van der Waals surface area contributed by atoms with Crippen LogP contribution in [0.2, 0.25) is 0 Å². The van der Waals surface area contributed by atoms with Crippen molar-refractivity contribution in [1.82, 2.24) is 0 Å². The summed E-state index contributed by atoms with van der Waals surface area (Å²) in [7, 11) is 0. The molecule has 0 bridgehead atoms. The highest BCUT2D eigenvalue weighted by atomic mass is 16.5. The Hall–Kier alpha value is -1.32. The number of carboxylic acid groups (broad SMARTS) is 1. The van der Waals surface area contributed by atoms with Gasteiger partial charge in [0.15, 0.2) is 0 Å².